The van der Waals surface area contributed by atoms with Gasteiger partial charge in [0.25, 0.3) is 0 Å². The number of aromatic nitrogens is 2. The van der Waals surface area contributed by atoms with Crippen LogP contribution in [0.2, 0.25) is 0 Å². The molecule has 2 rings (SSSR count). The van der Waals surface area contributed by atoms with E-state index in [0.717, 1.165) is 42.1 Å². The van der Waals surface area contributed by atoms with Gasteiger partial charge in [0.1, 0.15) is 11.6 Å². The zero-order valence-electron chi connectivity index (χ0n) is 18.7. The van der Waals surface area contributed by atoms with Crippen molar-refractivity contribution in [2.75, 3.05) is 6.61 Å². The third-order valence-corrected chi connectivity index (χ3v) is 5.41. The molecule has 0 N–H and O–H groups in total. The van der Waals surface area contributed by atoms with Crippen LogP contribution in [-0.4, -0.2) is 16.6 Å². The average molecular weight is 397 g/mol. The van der Waals surface area contributed by atoms with Gasteiger partial charge in [-0.3, -0.25) is 0 Å². The van der Waals surface area contributed by atoms with Crippen molar-refractivity contribution >= 4 is 0 Å². The van der Waals surface area contributed by atoms with Gasteiger partial charge < -0.3 is 4.74 Å². The van der Waals surface area contributed by atoms with Gasteiger partial charge in [0, 0.05) is 24.4 Å². The second-order valence-corrected chi connectivity index (χ2v) is 8.05. The lowest BCUT2D eigenvalue weighted by atomic mass is 10.1. The van der Waals surface area contributed by atoms with Crippen molar-refractivity contribution in [2.45, 2.75) is 97.3 Å². The van der Waals surface area contributed by atoms with E-state index >= 15 is 0 Å². The van der Waals surface area contributed by atoms with Crippen molar-refractivity contribution in [1.29, 1.82) is 0 Å². The molecule has 0 atom stereocenters. The van der Waals surface area contributed by atoms with E-state index in [9.17, 15) is 0 Å². The first-order valence-electron chi connectivity index (χ1n) is 11.9. The Bertz CT molecular complexity index is 637. The lowest BCUT2D eigenvalue weighted by Gasteiger charge is -2.08. The fourth-order valence-electron chi connectivity index (χ4n) is 3.51. The molecule has 0 aliphatic heterocycles. The molecule has 0 fully saturated rings. The van der Waals surface area contributed by atoms with Crippen molar-refractivity contribution in [1.82, 2.24) is 9.97 Å². The molecule has 1 heterocycles. The number of unbranched alkanes of at least 4 members (excludes halogenated alkanes) is 10. The number of aryl methyl sites for hydroxylation is 1. The van der Waals surface area contributed by atoms with Crippen LogP contribution < -0.4 is 4.74 Å². The highest BCUT2D eigenvalue weighted by molar-refractivity contribution is 5.62. The van der Waals surface area contributed by atoms with Gasteiger partial charge in [-0.2, -0.15) is 0 Å². The summed E-state index contributed by atoms with van der Waals surface area (Å²) in [7, 11) is 0. The zero-order chi connectivity index (χ0) is 20.6. The van der Waals surface area contributed by atoms with Crippen molar-refractivity contribution < 1.29 is 4.74 Å². The lowest BCUT2D eigenvalue weighted by molar-refractivity contribution is 0.304. The molecule has 0 spiro atoms. The highest BCUT2D eigenvalue weighted by Crippen LogP contribution is 2.22. The van der Waals surface area contributed by atoms with Crippen LogP contribution in [0.15, 0.2) is 36.7 Å². The van der Waals surface area contributed by atoms with E-state index in [1.54, 1.807) is 0 Å². The Hall–Kier alpha value is -1.90. The smallest absolute Gasteiger partial charge is 0.128 e. The highest BCUT2D eigenvalue weighted by atomic mass is 16.5. The minimum absolute atomic E-state index is 0.809. The molecule has 0 saturated heterocycles. The zero-order valence-corrected chi connectivity index (χ0v) is 18.7. The Balaban J connectivity index is 1.67. The van der Waals surface area contributed by atoms with Gasteiger partial charge in [0.05, 0.1) is 6.61 Å². The summed E-state index contributed by atoms with van der Waals surface area (Å²) >= 11 is 0. The number of hydrogen-bond donors (Lipinski definition) is 0. The Kier molecular flexibility index (Phi) is 12.1. The van der Waals surface area contributed by atoms with Gasteiger partial charge in [0.15, 0.2) is 0 Å². The van der Waals surface area contributed by atoms with Crippen LogP contribution in [0.5, 0.6) is 5.75 Å². The average Bonchev–Trinajstić information content (AvgIpc) is 2.76. The molecule has 3 nitrogen and oxygen atoms in total. The maximum atomic E-state index is 5.88. The van der Waals surface area contributed by atoms with E-state index in [1.807, 2.05) is 12.4 Å². The molecule has 0 saturated carbocycles. The summed E-state index contributed by atoms with van der Waals surface area (Å²) in [6.07, 6.45) is 20.4. The Morgan fingerprint density at radius 1 is 0.621 bits per heavy atom. The van der Waals surface area contributed by atoms with Gasteiger partial charge in [-0.1, -0.05) is 90.2 Å². The largest absolute Gasteiger partial charge is 0.494 e. The topological polar surface area (TPSA) is 35.0 Å². The summed E-state index contributed by atoms with van der Waals surface area (Å²) in [5, 5.41) is 0. The normalized spacial score (nSPS) is 11.0. The third-order valence-electron chi connectivity index (χ3n) is 5.41. The van der Waals surface area contributed by atoms with Gasteiger partial charge in [-0.15, -0.1) is 0 Å². The number of benzene rings is 1. The Morgan fingerprint density at radius 3 is 1.79 bits per heavy atom. The molecule has 2 aromatic rings. The molecule has 0 bridgehead atoms. The summed E-state index contributed by atoms with van der Waals surface area (Å²) < 4.78 is 5.88. The van der Waals surface area contributed by atoms with E-state index in [0.29, 0.717) is 0 Å². The van der Waals surface area contributed by atoms with Crippen LogP contribution >= 0.6 is 0 Å². The SMILES string of the molecule is CCCCCCCCCOc1ccc(-c2cnc(CCCCCCC)nc2)cc1. The summed E-state index contributed by atoms with van der Waals surface area (Å²) in [5.41, 5.74) is 2.21. The fraction of sp³-hybridized carbons (Fsp3) is 0.615. The van der Waals surface area contributed by atoms with Crippen LogP contribution in [0.25, 0.3) is 11.1 Å². The monoisotopic (exact) mass is 396 g/mol. The Labute approximate surface area is 178 Å². The predicted octanol–water partition coefficient (Wildman–Crippen LogP) is 7.79. The molecule has 0 amide bonds. The minimum atomic E-state index is 0.809. The van der Waals surface area contributed by atoms with Crippen molar-refractivity contribution in [3.05, 3.63) is 42.5 Å². The molecule has 160 valence electrons. The summed E-state index contributed by atoms with van der Waals surface area (Å²) in [6, 6.07) is 8.31. The minimum Gasteiger partial charge on any atom is -0.494 e. The number of nitrogens with zero attached hydrogens (tertiary/aromatic N) is 2. The first-order chi connectivity index (χ1) is 14.3. The van der Waals surface area contributed by atoms with Gasteiger partial charge in [-0.25, -0.2) is 9.97 Å². The second kappa shape index (κ2) is 15.0. The summed E-state index contributed by atoms with van der Waals surface area (Å²) in [6.45, 7) is 5.32. The molecule has 0 aliphatic rings. The fourth-order valence-corrected chi connectivity index (χ4v) is 3.51. The van der Waals surface area contributed by atoms with Gasteiger partial charge >= 0.3 is 0 Å². The number of hydrogen-bond acceptors (Lipinski definition) is 3. The molecule has 1 aromatic carbocycles. The molecule has 0 radical (unpaired) electrons. The third kappa shape index (κ3) is 9.92. The number of rotatable bonds is 16. The standard InChI is InChI=1S/C26H40N2O/c1-3-5-7-9-10-12-14-20-29-25-18-16-23(17-19-25)24-21-27-26(28-22-24)15-13-11-8-6-4-2/h16-19,21-22H,3-15,20H2,1-2H3. The maximum Gasteiger partial charge on any atom is 0.128 e. The first kappa shape index (κ1) is 23.4. The maximum absolute atomic E-state index is 5.88. The highest BCUT2D eigenvalue weighted by Gasteiger charge is 2.02. The van der Waals surface area contributed by atoms with E-state index < -0.39 is 0 Å². The van der Waals surface area contributed by atoms with Crippen molar-refractivity contribution in [3.63, 3.8) is 0 Å². The predicted molar refractivity (Wildman–Crippen MR) is 123 cm³/mol. The van der Waals surface area contributed by atoms with Crippen LogP contribution in [0, 0.1) is 0 Å². The summed E-state index contributed by atoms with van der Waals surface area (Å²) in [4.78, 5) is 9.10. The molecule has 29 heavy (non-hydrogen) atoms. The Morgan fingerprint density at radius 2 is 1.17 bits per heavy atom. The van der Waals surface area contributed by atoms with E-state index in [-0.39, 0.29) is 0 Å². The van der Waals surface area contributed by atoms with Crippen molar-refractivity contribution in [2.24, 2.45) is 0 Å². The molecular weight excluding hydrogens is 356 g/mol. The second-order valence-electron chi connectivity index (χ2n) is 8.05. The van der Waals surface area contributed by atoms with Gasteiger partial charge in [0.2, 0.25) is 0 Å². The molecule has 1 aromatic heterocycles. The van der Waals surface area contributed by atoms with E-state index in [1.165, 1.54) is 70.6 Å². The molecule has 0 unspecified atom stereocenters. The molecule has 3 heteroatoms. The van der Waals surface area contributed by atoms with Gasteiger partial charge in [-0.05, 0) is 30.5 Å². The van der Waals surface area contributed by atoms with Crippen LogP contribution in [0.4, 0.5) is 0 Å². The van der Waals surface area contributed by atoms with Crippen molar-refractivity contribution in [3.8, 4) is 16.9 Å². The number of ether oxygens (including phenoxy) is 1. The van der Waals surface area contributed by atoms with E-state index in [2.05, 4.69) is 48.1 Å². The van der Waals surface area contributed by atoms with Crippen LogP contribution in [0.1, 0.15) is 96.7 Å². The quantitative estimate of drug-likeness (QED) is 0.272. The lowest BCUT2D eigenvalue weighted by Crippen LogP contribution is -1.97. The van der Waals surface area contributed by atoms with E-state index in [4.69, 9.17) is 4.74 Å². The first-order valence-corrected chi connectivity index (χ1v) is 11.9. The molecular formula is C26H40N2O. The summed E-state index contributed by atoms with van der Waals surface area (Å²) in [5.74, 6) is 1.91. The van der Waals surface area contributed by atoms with Crippen LogP contribution in [0.3, 0.4) is 0 Å². The molecule has 0 aliphatic carbocycles. The van der Waals surface area contributed by atoms with Crippen LogP contribution in [-0.2, 0) is 6.42 Å².